The lowest BCUT2D eigenvalue weighted by molar-refractivity contribution is -0.114. The van der Waals surface area contributed by atoms with E-state index < -0.39 is 22.5 Å². The molecule has 0 aliphatic heterocycles. The van der Waals surface area contributed by atoms with Crippen LogP contribution in [0.1, 0.15) is 20.3 Å². The summed E-state index contributed by atoms with van der Waals surface area (Å²) < 4.78 is 34.9. The predicted molar refractivity (Wildman–Crippen MR) is 136 cm³/mol. The number of ether oxygens (including phenoxy) is 1. The minimum absolute atomic E-state index is 0.0709. The molecule has 12 heteroatoms. The summed E-state index contributed by atoms with van der Waals surface area (Å²) in [6.07, 6.45) is 0.997. The van der Waals surface area contributed by atoms with Gasteiger partial charge >= 0.3 is 0 Å². The highest BCUT2D eigenvalue weighted by Crippen LogP contribution is 2.28. The Bertz CT molecular complexity index is 1170. The molecule has 33 heavy (non-hydrogen) atoms. The molecule has 3 rings (SSSR count). The molecule has 0 saturated carbocycles. The van der Waals surface area contributed by atoms with E-state index in [-0.39, 0.29) is 4.90 Å². The molecule has 1 amide bonds. The number of carbonyl (C=O) groups is 1. The van der Waals surface area contributed by atoms with Crippen LogP contribution in [0.3, 0.4) is 0 Å². The fraction of sp³-hybridized carbons (Fsp3) is 0.286. The molecule has 0 fully saturated rings. The topological polar surface area (TPSA) is 101 Å². The van der Waals surface area contributed by atoms with E-state index in [1.807, 2.05) is 6.92 Å². The molecule has 0 bridgehead atoms. The van der Waals surface area contributed by atoms with Gasteiger partial charge in [0.2, 0.25) is 11.0 Å². The molecule has 0 aliphatic carbocycles. The highest BCUT2D eigenvalue weighted by atomic mass is 79.9. The molecule has 1 aromatic heterocycles. The van der Waals surface area contributed by atoms with Crippen molar-refractivity contribution in [1.82, 2.24) is 10.2 Å². The second kappa shape index (κ2) is 11.8. The number of hydrogen-bond acceptors (Lipinski definition) is 8. The number of benzene rings is 2. The Morgan fingerprint density at radius 3 is 2.45 bits per heavy atom. The van der Waals surface area contributed by atoms with E-state index in [0.29, 0.717) is 23.2 Å². The van der Waals surface area contributed by atoms with Gasteiger partial charge in [0, 0.05) is 10.2 Å². The quantitative estimate of drug-likeness (QED) is 0.254. The van der Waals surface area contributed by atoms with E-state index in [1.54, 1.807) is 48.2 Å². The van der Waals surface area contributed by atoms with Crippen LogP contribution in [-0.2, 0) is 14.8 Å². The average Bonchev–Trinajstić information content (AvgIpc) is 3.24. The van der Waals surface area contributed by atoms with Crippen molar-refractivity contribution in [3.8, 4) is 5.75 Å². The Hall–Kier alpha value is -2.15. The van der Waals surface area contributed by atoms with Crippen molar-refractivity contribution < 1.29 is 17.9 Å². The van der Waals surface area contributed by atoms with Gasteiger partial charge in [-0.25, -0.2) is 8.42 Å². The van der Waals surface area contributed by atoms with Crippen LogP contribution in [0.5, 0.6) is 5.75 Å². The molecule has 0 spiro atoms. The number of thioether (sulfide) groups is 1. The summed E-state index contributed by atoms with van der Waals surface area (Å²) >= 11 is 6.13. The zero-order valence-corrected chi connectivity index (χ0v) is 22.1. The third-order valence-corrected chi connectivity index (χ3v) is 8.70. The van der Waals surface area contributed by atoms with Crippen LogP contribution in [0.4, 0.5) is 10.8 Å². The molecular formula is C21H23BrN4O4S3. The standard InChI is InChI=1S/C21H23BrN4O4S3/c1-3-13-31-21-25-24-20(32-21)23-19(27)14-26(16-7-9-17(10-8-16)30-4-2)33(28,29)18-11-5-15(22)6-12-18/h5-12H,3-4,13-14H2,1-2H3,(H,23,24,27). The van der Waals surface area contributed by atoms with Crippen molar-refractivity contribution in [3.63, 3.8) is 0 Å². The summed E-state index contributed by atoms with van der Waals surface area (Å²) in [7, 11) is -4.02. The lowest BCUT2D eigenvalue weighted by Gasteiger charge is -2.24. The monoisotopic (exact) mass is 570 g/mol. The Labute approximate surface area is 209 Å². The molecule has 1 N–H and O–H groups in total. The molecule has 176 valence electrons. The molecular weight excluding hydrogens is 548 g/mol. The van der Waals surface area contributed by atoms with Crippen molar-refractivity contribution in [2.45, 2.75) is 29.5 Å². The second-order valence-electron chi connectivity index (χ2n) is 6.66. The minimum atomic E-state index is -4.02. The largest absolute Gasteiger partial charge is 0.494 e. The molecule has 3 aromatic rings. The number of anilines is 2. The van der Waals surface area contributed by atoms with Crippen LogP contribution in [0, 0.1) is 0 Å². The number of carbonyl (C=O) groups excluding carboxylic acids is 1. The van der Waals surface area contributed by atoms with Gasteiger partial charge in [-0.1, -0.05) is 46.0 Å². The Morgan fingerprint density at radius 2 is 1.82 bits per heavy atom. The van der Waals surface area contributed by atoms with Gasteiger partial charge in [-0.3, -0.25) is 14.4 Å². The predicted octanol–water partition coefficient (Wildman–Crippen LogP) is 5.04. The smallest absolute Gasteiger partial charge is 0.264 e. The molecule has 1 heterocycles. The van der Waals surface area contributed by atoms with Gasteiger partial charge in [0.1, 0.15) is 12.3 Å². The van der Waals surface area contributed by atoms with Gasteiger partial charge in [0.05, 0.1) is 17.2 Å². The molecule has 2 aromatic carbocycles. The molecule has 0 unspecified atom stereocenters. The zero-order valence-electron chi connectivity index (χ0n) is 18.0. The van der Waals surface area contributed by atoms with Gasteiger partial charge in [0.25, 0.3) is 10.0 Å². The van der Waals surface area contributed by atoms with Crippen LogP contribution in [0.2, 0.25) is 0 Å². The molecule has 0 radical (unpaired) electrons. The SMILES string of the molecule is CCCSc1nnc(NC(=O)CN(c2ccc(OCC)cc2)S(=O)(=O)c2ccc(Br)cc2)s1. The first-order valence-corrected chi connectivity index (χ1v) is 14.1. The number of sulfonamides is 1. The first-order valence-electron chi connectivity index (χ1n) is 10.1. The van der Waals surface area contributed by atoms with Crippen molar-refractivity contribution in [1.29, 1.82) is 0 Å². The number of aromatic nitrogens is 2. The van der Waals surface area contributed by atoms with Gasteiger partial charge in [-0.05, 0) is 61.9 Å². The molecule has 0 saturated heterocycles. The average molecular weight is 572 g/mol. The lowest BCUT2D eigenvalue weighted by atomic mass is 10.3. The van der Waals surface area contributed by atoms with E-state index >= 15 is 0 Å². The molecule has 0 aliphatic rings. The number of nitrogens with zero attached hydrogens (tertiary/aromatic N) is 3. The third-order valence-electron chi connectivity index (χ3n) is 4.21. The summed E-state index contributed by atoms with van der Waals surface area (Å²) in [6, 6.07) is 12.8. The fourth-order valence-electron chi connectivity index (χ4n) is 2.72. The number of hydrogen-bond donors (Lipinski definition) is 1. The zero-order chi connectivity index (χ0) is 23.8. The van der Waals surface area contributed by atoms with Crippen LogP contribution >= 0.6 is 39.0 Å². The summed E-state index contributed by atoms with van der Waals surface area (Å²) in [5.74, 6) is 0.991. The van der Waals surface area contributed by atoms with E-state index in [2.05, 4.69) is 38.4 Å². The maximum absolute atomic E-state index is 13.4. The van der Waals surface area contributed by atoms with E-state index in [9.17, 15) is 13.2 Å². The number of halogens is 1. The first-order chi connectivity index (χ1) is 15.8. The van der Waals surface area contributed by atoms with Gasteiger partial charge in [0.15, 0.2) is 4.34 Å². The third kappa shape index (κ3) is 6.92. The highest BCUT2D eigenvalue weighted by molar-refractivity contribution is 9.10. The van der Waals surface area contributed by atoms with E-state index in [1.165, 1.54) is 23.5 Å². The normalized spacial score (nSPS) is 11.2. The fourth-order valence-corrected chi connectivity index (χ4v) is 6.10. The highest BCUT2D eigenvalue weighted by Gasteiger charge is 2.27. The summed E-state index contributed by atoms with van der Waals surface area (Å²) in [5.41, 5.74) is 0.341. The Kier molecular flexibility index (Phi) is 9.12. The van der Waals surface area contributed by atoms with Crippen LogP contribution in [-0.4, -0.2) is 43.4 Å². The first kappa shape index (κ1) is 25.5. The van der Waals surface area contributed by atoms with Crippen molar-refractivity contribution in [2.24, 2.45) is 0 Å². The summed E-state index contributed by atoms with van der Waals surface area (Å²) in [4.78, 5) is 12.9. The summed E-state index contributed by atoms with van der Waals surface area (Å²) in [6.45, 7) is 3.99. The number of nitrogens with one attached hydrogen (secondary N) is 1. The minimum Gasteiger partial charge on any atom is -0.494 e. The molecule has 0 atom stereocenters. The molecule has 8 nitrogen and oxygen atoms in total. The number of rotatable bonds is 11. The Balaban J connectivity index is 1.85. The number of amides is 1. The van der Waals surface area contributed by atoms with Crippen LogP contribution in [0.15, 0.2) is 62.2 Å². The van der Waals surface area contributed by atoms with Crippen molar-refractivity contribution >= 4 is 65.8 Å². The summed E-state index contributed by atoms with van der Waals surface area (Å²) in [5, 5.41) is 11.0. The lowest BCUT2D eigenvalue weighted by Crippen LogP contribution is -2.38. The maximum Gasteiger partial charge on any atom is 0.264 e. The van der Waals surface area contributed by atoms with E-state index in [0.717, 1.165) is 25.3 Å². The van der Waals surface area contributed by atoms with E-state index in [4.69, 9.17) is 4.74 Å². The van der Waals surface area contributed by atoms with Crippen LogP contribution in [0.25, 0.3) is 0 Å². The van der Waals surface area contributed by atoms with Crippen molar-refractivity contribution in [2.75, 3.05) is 28.5 Å². The van der Waals surface area contributed by atoms with Crippen LogP contribution < -0.4 is 14.4 Å². The maximum atomic E-state index is 13.4. The second-order valence-corrected chi connectivity index (χ2v) is 11.8. The van der Waals surface area contributed by atoms with Gasteiger partial charge < -0.3 is 4.74 Å². The van der Waals surface area contributed by atoms with Gasteiger partial charge in [-0.2, -0.15) is 0 Å². The Morgan fingerprint density at radius 1 is 1.12 bits per heavy atom. The van der Waals surface area contributed by atoms with Crippen molar-refractivity contribution in [3.05, 3.63) is 53.0 Å². The van der Waals surface area contributed by atoms with Gasteiger partial charge in [-0.15, -0.1) is 10.2 Å².